The van der Waals surface area contributed by atoms with Gasteiger partial charge in [-0.05, 0) is 31.2 Å². The third-order valence-corrected chi connectivity index (χ3v) is 6.09. The summed E-state index contributed by atoms with van der Waals surface area (Å²) in [6, 6.07) is 8.03. The smallest absolute Gasteiger partial charge is 0.408 e. The molecule has 0 saturated carbocycles. The Morgan fingerprint density at radius 3 is 2.71 bits per heavy atom. The summed E-state index contributed by atoms with van der Waals surface area (Å²) in [6.07, 6.45) is 4.74. The van der Waals surface area contributed by atoms with Gasteiger partial charge in [-0.3, -0.25) is 9.59 Å². The van der Waals surface area contributed by atoms with Crippen molar-refractivity contribution < 1.29 is 33.8 Å². The van der Waals surface area contributed by atoms with E-state index >= 15 is 0 Å². The number of aliphatic hydroxyl groups is 1. The fourth-order valence-electron chi connectivity index (χ4n) is 4.15. The zero-order chi connectivity index (χ0) is 25.0. The van der Waals surface area contributed by atoms with E-state index in [9.17, 15) is 24.3 Å². The summed E-state index contributed by atoms with van der Waals surface area (Å²) in [6.45, 7) is 0.589. The number of benzene rings is 1. The van der Waals surface area contributed by atoms with Crippen LogP contribution in [-0.4, -0.2) is 72.3 Å². The minimum absolute atomic E-state index is 0.0277. The number of rotatable bonds is 6. The third-order valence-electron chi connectivity index (χ3n) is 6.09. The molecule has 2 aliphatic heterocycles. The van der Waals surface area contributed by atoms with Crippen LogP contribution in [0.25, 0.3) is 0 Å². The van der Waals surface area contributed by atoms with E-state index in [-0.39, 0.29) is 57.1 Å². The average Bonchev–Trinajstić information content (AvgIpc) is 3.35. The molecule has 0 unspecified atom stereocenters. The Bertz CT molecular complexity index is 906. The summed E-state index contributed by atoms with van der Waals surface area (Å²) in [5, 5.41) is 14.7. The van der Waals surface area contributed by atoms with Gasteiger partial charge in [-0.1, -0.05) is 42.5 Å². The number of nitrogens with zero attached hydrogens (tertiary/aromatic N) is 1. The number of carbonyl (C=O) groups is 4. The molecule has 3 amide bonds. The van der Waals surface area contributed by atoms with Crippen molar-refractivity contribution in [2.24, 2.45) is 5.92 Å². The fraction of sp³-hybridized carbons (Fsp3) is 0.520. The van der Waals surface area contributed by atoms with Crippen LogP contribution in [0.3, 0.4) is 0 Å². The summed E-state index contributed by atoms with van der Waals surface area (Å²) in [5.74, 6) is -1.67. The molecular formula is C25H33N3O7. The predicted octanol–water partition coefficient (Wildman–Crippen LogP) is 1.28. The van der Waals surface area contributed by atoms with Crippen LogP contribution in [0.15, 0.2) is 42.5 Å². The molecule has 3 N–H and O–H groups in total. The molecule has 190 valence electrons. The minimum atomic E-state index is -0.945. The molecule has 3 atom stereocenters. The highest BCUT2D eigenvalue weighted by Crippen LogP contribution is 2.21. The second-order valence-corrected chi connectivity index (χ2v) is 8.63. The molecule has 0 spiro atoms. The summed E-state index contributed by atoms with van der Waals surface area (Å²) in [4.78, 5) is 51.7. The molecule has 1 fully saturated rings. The van der Waals surface area contributed by atoms with Crippen molar-refractivity contribution in [3.63, 3.8) is 0 Å². The van der Waals surface area contributed by atoms with Crippen molar-refractivity contribution in [3.8, 4) is 0 Å². The summed E-state index contributed by atoms with van der Waals surface area (Å²) < 4.78 is 10.4. The Kier molecular flexibility index (Phi) is 10.1. The van der Waals surface area contributed by atoms with E-state index in [1.54, 1.807) is 17.1 Å². The lowest BCUT2D eigenvalue weighted by Crippen LogP contribution is -2.43. The third kappa shape index (κ3) is 8.10. The van der Waals surface area contributed by atoms with Gasteiger partial charge in [0.1, 0.15) is 19.3 Å². The number of amides is 3. The molecule has 1 aromatic carbocycles. The number of alkyl carbamates (subject to hydrolysis) is 1. The van der Waals surface area contributed by atoms with Gasteiger partial charge in [-0.15, -0.1) is 0 Å². The highest BCUT2D eigenvalue weighted by atomic mass is 16.6. The lowest BCUT2D eigenvalue weighted by Gasteiger charge is -2.25. The number of hydrogen-bond acceptors (Lipinski definition) is 7. The van der Waals surface area contributed by atoms with Crippen LogP contribution in [0.5, 0.6) is 0 Å². The molecule has 0 aliphatic carbocycles. The molecule has 2 aliphatic rings. The Balaban J connectivity index is 1.57. The maximum atomic E-state index is 12.8. The van der Waals surface area contributed by atoms with E-state index < -0.39 is 24.0 Å². The minimum Gasteiger partial charge on any atom is -0.462 e. The lowest BCUT2D eigenvalue weighted by atomic mass is 9.98. The van der Waals surface area contributed by atoms with Gasteiger partial charge < -0.3 is 30.1 Å². The van der Waals surface area contributed by atoms with Crippen LogP contribution in [0.2, 0.25) is 0 Å². The molecule has 35 heavy (non-hydrogen) atoms. The first kappa shape index (κ1) is 26.2. The quantitative estimate of drug-likeness (QED) is 0.406. The summed E-state index contributed by atoms with van der Waals surface area (Å²) in [7, 11) is 0. The number of ether oxygens (including phenoxy) is 2. The molecule has 0 radical (unpaired) electrons. The number of aliphatic hydroxyl groups excluding tert-OH is 1. The van der Waals surface area contributed by atoms with E-state index in [0.29, 0.717) is 13.0 Å². The highest BCUT2D eigenvalue weighted by molar-refractivity contribution is 5.86. The number of hydrogen-bond donors (Lipinski definition) is 3. The van der Waals surface area contributed by atoms with Gasteiger partial charge in [0, 0.05) is 13.0 Å². The van der Waals surface area contributed by atoms with Gasteiger partial charge in [0.25, 0.3) is 0 Å². The van der Waals surface area contributed by atoms with Crippen molar-refractivity contribution in [1.82, 2.24) is 15.5 Å². The number of allylic oxidation sites excluding steroid dienone is 1. The Hall–Kier alpha value is -3.40. The van der Waals surface area contributed by atoms with Gasteiger partial charge in [-0.25, -0.2) is 9.59 Å². The first-order valence-corrected chi connectivity index (χ1v) is 11.9. The topological polar surface area (TPSA) is 134 Å². The zero-order valence-corrected chi connectivity index (χ0v) is 19.7. The Morgan fingerprint density at radius 2 is 1.94 bits per heavy atom. The van der Waals surface area contributed by atoms with Crippen molar-refractivity contribution in [2.75, 3.05) is 26.3 Å². The average molecular weight is 488 g/mol. The normalized spacial score (nSPS) is 23.5. The molecule has 1 saturated heterocycles. The molecule has 1 aromatic rings. The SMILES string of the molecule is O=C(N[C@@H]1CC=CC[C@H](CC(=O)N2CCC[C@H]2CO)C(=O)NCCOC1=O)OCc1ccccc1. The van der Waals surface area contributed by atoms with Crippen LogP contribution in [0, 0.1) is 5.92 Å². The highest BCUT2D eigenvalue weighted by Gasteiger charge is 2.31. The molecule has 0 bridgehead atoms. The number of carbonyl (C=O) groups excluding carboxylic acids is 4. The van der Waals surface area contributed by atoms with Crippen molar-refractivity contribution in [1.29, 1.82) is 0 Å². The lowest BCUT2D eigenvalue weighted by molar-refractivity contribution is -0.146. The zero-order valence-electron chi connectivity index (χ0n) is 19.7. The van der Waals surface area contributed by atoms with Crippen LogP contribution < -0.4 is 10.6 Å². The van der Waals surface area contributed by atoms with Crippen LogP contribution in [0.1, 0.15) is 37.7 Å². The number of cyclic esters (lactones) is 1. The molecular weight excluding hydrogens is 454 g/mol. The van der Waals surface area contributed by atoms with Gasteiger partial charge >= 0.3 is 12.1 Å². The monoisotopic (exact) mass is 487 g/mol. The molecule has 10 nitrogen and oxygen atoms in total. The first-order chi connectivity index (χ1) is 17.0. The maximum absolute atomic E-state index is 12.8. The van der Waals surface area contributed by atoms with Gasteiger partial charge in [-0.2, -0.15) is 0 Å². The number of likely N-dealkylation sites (tertiary alicyclic amines) is 1. The van der Waals surface area contributed by atoms with E-state index in [4.69, 9.17) is 9.47 Å². The second kappa shape index (κ2) is 13.5. The molecule has 3 rings (SSSR count). The van der Waals surface area contributed by atoms with E-state index in [0.717, 1.165) is 18.4 Å². The summed E-state index contributed by atoms with van der Waals surface area (Å²) >= 11 is 0. The Morgan fingerprint density at radius 1 is 1.17 bits per heavy atom. The van der Waals surface area contributed by atoms with Gasteiger partial charge in [0.15, 0.2) is 0 Å². The molecule has 2 heterocycles. The molecule has 10 heteroatoms. The van der Waals surface area contributed by atoms with E-state index in [1.807, 2.05) is 30.3 Å². The van der Waals surface area contributed by atoms with Crippen molar-refractivity contribution in [3.05, 3.63) is 48.0 Å². The largest absolute Gasteiger partial charge is 0.462 e. The molecule has 0 aromatic heterocycles. The van der Waals surface area contributed by atoms with E-state index in [1.165, 1.54) is 0 Å². The number of nitrogens with one attached hydrogen (secondary N) is 2. The first-order valence-electron chi connectivity index (χ1n) is 11.9. The van der Waals surface area contributed by atoms with Crippen LogP contribution in [-0.2, 0) is 30.5 Å². The summed E-state index contributed by atoms with van der Waals surface area (Å²) in [5.41, 5.74) is 0.819. The predicted molar refractivity (Wildman–Crippen MR) is 126 cm³/mol. The van der Waals surface area contributed by atoms with Crippen molar-refractivity contribution in [2.45, 2.75) is 50.8 Å². The number of esters is 1. The Labute approximate surface area is 204 Å². The maximum Gasteiger partial charge on any atom is 0.408 e. The van der Waals surface area contributed by atoms with Crippen LogP contribution in [0.4, 0.5) is 4.79 Å². The standard InChI is InChI=1S/C25H33N3O7/c29-16-20-10-6-13-28(20)22(30)15-19-9-4-5-11-21(24(32)34-14-12-26-23(19)31)27-25(33)35-17-18-7-2-1-3-8-18/h1-5,7-8,19-21,29H,6,9-17H2,(H,26,31)(H,27,33)/t19-,20+,21-/m1/s1. The van der Waals surface area contributed by atoms with Crippen LogP contribution >= 0.6 is 0 Å². The van der Waals surface area contributed by atoms with Crippen molar-refractivity contribution >= 4 is 23.9 Å². The van der Waals surface area contributed by atoms with E-state index in [2.05, 4.69) is 10.6 Å². The second-order valence-electron chi connectivity index (χ2n) is 8.63. The van der Waals surface area contributed by atoms with Gasteiger partial charge in [0.05, 0.1) is 25.1 Å². The fourth-order valence-corrected chi connectivity index (χ4v) is 4.15. The van der Waals surface area contributed by atoms with Gasteiger partial charge in [0.2, 0.25) is 11.8 Å².